The number of hydrogen-bond acceptors (Lipinski definition) is 4. The number of nitrogens with zero attached hydrogens (tertiary/aromatic N) is 2. The Balaban J connectivity index is 2.65. The number of carbonyl (C=O) groups excluding carboxylic acids is 1. The van der Waals surface area contributed by atoms with Gasteiger partial charge in [-0.15, -0.1) is 10.2 Å². The number of azo groups is 1. The number of rotatable bonds is 2. The molecule has 0 unspecified atom stereocenters. The van der Waals surface area contributed by atoms with E-state index in [9.17, 15) is 14.7 Å². The molecule has 0 spiro atoms. The fraction of sp³-hybridized carbons (Fsp3) is 0. The smallest absolute Gasteiger partial charge is 0.287 e. The maximum absolute atomic E-state index is 11.6. The van der Waals surface area contributed by atoms with E-state index in [0.717, 1.165) is 6.08 Å². The first-order valence-electron chi connectivity index (χ1n) is 5.05. The number of H-pyrrole nitrogens is 1. The van der Waals surface area contributed by atoms with Crippen molar-refractivity contribution in [2.75, 3.05) is 0 Å². The molecule has 0 radical (unpaired) electrons. The van der Waals surface area contributed by atoms with Crippen molar-refractivity contribution in [1.82, 2.24) is 4.98 Å². The molecule has 1 aromatic heterocycles. The van der Waals surface area contributed by atoms with Gasteiger partial charge in [-0.25, -0.2) is 0 Å². The monoisotopic (exact) mass is 243 g/mol. The minimum atomic E-state index is -0.693. The van der Waals surface area contributed by atoms with Crippen LogP contribution in [-0.2, 0) is 4.79 Å². The van der Waals surface area contributed by atoms with E-state index >= 15 is 0 Å². The predicted molar refractivity (Wildman–Crippen MR) is 66.0 cm³/mol. The van der Waals surface area contributed by atoms with Gasteiger partial charge in [0.2, 0.25) is 0 Å². The first-order chi connectivity index (χ1) is 8.63. The Bertz CT molecular complexity index is 716. The summed E-state index contributed by atoms with van der Waals surface area (Å²) in [7, 11) is 0. The van der Waals surface area contributed by atoms with Crippen LogP contribution in [0.25, 0.3) is 10.9 Å². The van der Waals surface area contributed by atoms with Crippen molar-refractivity contribution in [2.45, 2.75) is 0 Å². The number of pyridine rings is 1. The molecule has 18 heavy (non-hydrogen) atoms. The molecule has 0 aliphatic heterocycles. The first-order valence-corrected chi connectivity index (χ1v) is 5.05. The van der Waals surface area contributed by atoms with Gasteiger partial charge < -0.3 is 10.1 Å². The normalized spacial score (nSPS) is 10.9. The minimum absolute atomic E-state index is 0.302. The lowest BCUT2D eigenvalue weighted by Crippen LogP contribution is -2.05. The summed E-state index contributed by atoms with van der Waals surface area (Å²) >= 11 is 0. The average Bonchev–Trinajstić information content (AvgIpc) is 2.38. The molecule has 6 nitrogen and oxygen atoms in total. The third-order valence-electron chi connectivity index (χ3n) is 2.29. The van der Waals surface area contributed by atoms with Gasteiger partial charge in [0, 0.05) is 5.39 Å². The Morgan fingerprint density at radius 3 is 2.83 bits per heavy atom. The summed E-state index contributed by atoms with van der Waals surface area (Å²) < 4.78 is 0. The summed E-state index contributed by atoms with van der Waals surface area (Å²) in [5.74, 6) is -1.00. The lowest BCUT2D eigenvalue weighted by atomic mass is 10.2. The predicted octanol–water partition coefficient (Wildman–Crippen LogP) is 2.03. The highest BCUT2D eigenvalue weighted by Crippen LogP contribution is 2.29. The third-order valence-corrected chi connectivity index (χ3v) is 2.29. The largest absolute Gasteiger partial charge is 0.505 e. The summed E-state index contributed by atoms with van der Waals surface area (Å²) in [6.45, 7) is 3.22. The Morgan fingerprint density at radius 1 is 1.39 bits per heavy atom. The van der Waals surface area contributed by atoms with E-state index in [0.29, 0.717) is 10.9 Å². The zero-order valence-corrected chi connectivity index (χ0v) is 9.25. The third kappa shape index (κ3) is 2.03. The Hall–Kier alpha value is -2.76. The lowest BCUT2D eigenvalue weighted by molar-refractivity contribution is -0.113. The van der Waals surface area contributed by atoms with Gasteiger partial charge in [0.15, 0.2) is 11.4 Å². The number of aromatic amines is 1. The highest BCUT2D eigenvalue weighted by Gasteiger charge is 2.10. The second-order valence-corrected chi connectivity index (χ2v) is 3.44. The second-order valence-electron chi connectivity index (χ2n) is 3.44. The molecule has 0 aliphatic carbocycles. The van der Waals surface area contributed by atoms with Gasteiger partial charge in [0.1, 0.15) is 0 Å². The van der Waals surface area contributed by atoms with Crippen LogP contribution in [0, 0.1) is 0 Å². The fourth-order valence-corrected chi connectivity index (χ4v) is 1.45. The minimum Gasteiger partial charge on any atom is -0.505 e. The molecular formula is C12H9N3O3. The maximum Gasteiger partial charge on any atom is 0.287 e. The van der Waals surface area contributed by atoms with Crippen LogP contribution in [0.3, 0.4) is 0 Å². The molecule has 0 fully saturated rings. The fourth-order valence-electron chi connectivity index (χ4n) is 1.45. The number of para-hydroxylation sites is 1. The molecule has 0 atom stereocenters. The number of amides is 1. The van der Waals surface area contributed by atoms with Gasteiger partial charge in [0.25, 0.3) is 11.5 Å². The molecule has 0 saturated heterocycles. The molecule has 1 amide bonds. The molecule has 2 N–H and O–H groups in total. The maximum atomic E-state index is 11.6. The summed E-state index contributed by atoms with van der Waals surface area (Å²) in [6.07, 6.45) is 0.954. The number of benzene rings is 1. The zero-order valence-electron chi connectivity index (χ0n) is 9.25. The van der Waals surface area contributed by atoms with Crippen LogP contribution in [0.15, 0.2) is 51.9 Å². The van der Waals surface area contributed by atoms with Crippen LogP contribution in [-0.4, -0.2) is 16.0 Å². The number of hydrogen-bond donors (Lipinski definition) is 2. The molecule has 90 valence electrons. The molecule has 2 rings (SSSR count). The Morgan fingerprint density at radius 2 is 2.11 bits per heavy atom. The van der Waals surface area contributed by atoms with Crippen LogP contribution in [0.4, 0.5) is 5.69 Å². The standard InChI is InChI=1S/C12H9N3O3/c1-2-9(16)14-15-10-11(17)7-5-3-4-6-8(7)13-12(10)18/h2-6H,1H2,(H2,13,17,18). The van der Waals surface area contributed by atoms with Gasteiger partial charge in [-0.3, -0.25) is 9.59 Å². The lowest BCUT2D eigenvalue weighted by Gasteiger charge is -2.02. The number of aromatic nitrogens is 1. The second kappa shape index (κ2) is 4.62. The zero-order chi connectivity index (χ0) is 13.1. The summed E-state index contributed by atoms with van der Waals surface area (Å²) in [6, 6.07) is 6.69. The molecular weight excluding hydrogens is 234 g/mol. The number of carbonyl (C=O) groups is 1. The highest BCUT2D eigenvalue weighted by molar-refractivity contribution is 5.90. The Kier molecular flexibility index (Phi) is 3.01. The SMILES string of the molecule is C=CC(=O)N=Nc1c(O)c2ccccc2[nH]c1=O. The van der Waals surface area contributed by atoms with E-state index in [1.54, 1.807) is 24.3 Å². The van der Waals surface area contributed by atoms with Gasteiger partial charge in [-0.05, 0) is 18.2 Å². The van der Waals surface area contributed by atoms with E-state index in [1.165, 1.54) is 0 Å². The summed E-state index contributed by atoms with van der Waals surface area (Å²) in [4.78, 5) is 25.1. The topological polar surface area (TPSA) is 94.9 Å². The highest BCUT2D eigenvalue weighted by atomic mass is 16.3. The van der Waals surface area contributed by atoms with E-state index in [-0.39, 0.29) is 11.4 Å². The van der Waals surface area contributed by atoms with E-state index < -0.39 is 11.5 Å². The first kappa shape index (κ1) is 11.7. The van der Waals surface area contributed by atoms with Crippen LogP contribution in [0.2, 0.25) is 0 Å². The van der Waals surface area contributed by atoms with E-state index in [1.807, 2.05) is 0 Å². The Labute approximate surface area is 101 Å². The molecule has 2 aromatic rings. The quantitative estimate of drug-likeness (QED) is 0.624. The average molecular weight is 243 g/mol. The van der Waals surface area contributed by atoms with Crippen LogP contribution < -0.4 is 5.56 Å². The number of aromatic hydroxyl groups is 1. The molecule has 1 heterocycles. The van der Waals surface area contributed by atoms with Crippen molar-refractivity contribution in [2.24, 2.45) is 10.2 Å². The van der Waals surface area contributed by atoms with Crippen molar-refractivity contribution in [3.8, 4) is 5.75 Å². The molecule has 0 saturated carbocycles. The van der Waals surface area contributed by atoms with Crippen molar-refractivity contribution >= 4 is 22.5 Å². The van der Waals surface area contributed by atoms with Crippen LogP contribution in [0.1, 0.15) is 0 Å². The van der Waals surface area contributed by atoms with Crippen molar-refractivity contribution in [3.05, 3.63) is 47.3 Å². The van der Waals surface area contributed by atoms with Crippen molar-refractivity contribution in [3.63, 3.8) is 0 Å². The molecule has 0 aliphatic rings. The van der Waals surface area contributed by atoms with Crippen molar-refractivity contribution in [1.29, 1.82) is 0 Å². The van der Waals surface area contributed by atoms with E-state index in [4.69, 9.17) is 0 Å². The van der Waals surface area contributed by atoms with E-state index in [2.05, 4.69) is 21.8 Å². The number of fused-ring (bicyclic) bond motifs is 1. The summed E-state index contributed by atoms with van der Waals surface area (Å²) in [5.41, 5.74) is -0.440. The molecule has 1 aromatic carbocycles. The van der Waals surface area contributed by atoms with Crippen LogP contribution >= 0.6 is 0 Å². The van der Waals surface area contributed by atoms with Crippen LogP contribution in [0.5, 0.6) is 5.75 Å². The van der Waals surface area contributed by atoms with Gasteiger partial charge in [-0.2, -0.15) is 0 Å². The molecule has 6 heteroatoms. The van der Waals surface area contributed by atoms with Crippen molar-refractivity contribution < 1.29 is 9.90 Å². The molecule has 0 bridgehead atoms. The van der Waals surface area contributed by atoms with Gasteiger partial charge >= 0.3 is 0 Å². The van der Waals surface area contributed by atoms with Gasteiger partial charge in [-0.1, -0.05) is 18.7 Å². The number of nitrogens with one attached hydrogen (secondary N) is 1. The van der Waals surface area contributed by atoms with Gasteiger partial charge in [0.05, 0.1) is 5.52 Å². The summed E-state index contributed by atoms with van der Waals surface area (Å²) in [5, 5.41) is 17.0.